The van der Waals surface area contributed by atoms with Gasteiger partial charge in [-0.15, -0.1) is 0 Å². The van der Waals surface area contributed by atoms with E-state index in [1.807, 2.05) is 42.5 Å². The normalized spacial score (nSPS) is 18.9. The summed E-state index contributed by atoms with van der Waals surface area (Å²) in [5, 5.41) is 3.42. The average Bonchev–Trinajstić information content (AvgIpc) is 3.45. The summed E-state index contributed by atoms with van der Waals surface area (Å²) in [4.78, 5) is 20.1. The van der Waals surface area contributed by atoms with Gasteiger partial charge in [0.1, 0.15) is 12.4 Å². The van der Waals surface area contributed by atoms with Gasteiger partial charge in [0.25, 0.3) is 5.91 Å². The van der Waals surface area contributed by atoms with E-state index >= 15 is 0 Å². The van der Waals surface area contributed by atoms with Gasteiger partial charge in [0.2, 0.25) is 12.8 Å². The van der Waals surface area contributed by atoms with Gasteiger partial charge in [-0.25, -0.2) is 4.99 Å². The third-order valence-electron chi connectivity index (χ3n) is 7.43. The topological polar surface area (TPSA) is 98.4 Å². The number of nitrogens with two attached hydrogens (primary N) is 1. The van der Waals surface area contributed by atoms with Crippen molar-refractivity contribution in [1.82, 2.24) is 10.2 Å². The highest BCUT2D eigenvalue weighted by Gasteiger charge is 2.36. The van der Waals surface area contributed by atoms with Crippen LogP contribution >= 0.6 is 0 Å². The Balaban J connectivity index is 1.19. The van der Waals surface area contributed by atoms with Crippen molar-refractivity contribution >= 4 is 11.9 Å². The lowest BCUT2D eigenvalue weighted by Crippen LogP contribution is -2.53. The summed E-state index contributed by atoms with van der Waals surface area (Å²) < 4.78 is 16.8. The van der Waals surface area contributed by atoms with E-state index < -0.39 is 0 Å². The monoisotopic (exact) mass is 524 g/mol. The molecule has 0 radical (unpaired) electrons. The molecule has 39 heavy (non-hydrogen) atoms. The number of aliphatic imine (C=N–C) groups is 1. The van der Waals surface area contributed by atoms with Gasteiger partial charge >= 0.3 is 0 Å². The van der Waals surface area contributed by atoms with Crippen LogP contribution < -0.4 is 25.3 Å². The zero-order chi connectivity index (χ0) is 26.6. The van der Waals surface area contributed by atoms with Crippen LogP contribution in [0.15, 0.2) is 89.6 Å². The maximum absolute atomic E-state index is 13.7. The first-order chi connectivity index (χ1) is 19.1. The molecule has 3 N–H and O–H groups in total. The minimum Gasteiger partial charge on any atom is -0.489 e. The molecular formula is C31H32N4O4. The van der Waals surface area contributed by atoms with E-state index in [1.165, 1.54) is 0 Å². The van der Waals surface area contributed by atoms with Crippen LogP contribution in [0, 0.1) is 5.92 Å². The van der Waals surface area contributed by atoms with Gasteiger partial charge in [0, 0.05) is 17.7 Å². The molecule has 1 saturated heterocycles. The Morgan fingerprint density at radius 1 is 0.974 bits per heavy atom. The number of ether oxygens (including phenoxy) is 3. The molecule has 0 saturated carbocycles. The Bertz CT molecular complexity index is 1380. The number of hydrogen-bond acceptors (Lipinski definition) is 7. The molecule has 6 rings (SSSR count). The van der Waals surface area contributed by atoms with Gasteiger partial charge in [-0.05, 0) is 79.4 Å². The average molecular weight is 525 g/mol. The number of benzene rings is 3. The first-order valence-electron chi connectivity index (χ1n) is 13.4. The van der Waals surface area contributed by atoms with E-state index in [2.05, 4.69) is 28.5 Å². The van der Waals surface area contributed by atoms with E-state index in [0.717, 1.165) is 48.5 Å². The van der Waals surface area contributed by atoms with Crippen molar-refractivity contribution in [1.29, 1.82) is 0 Å². The van der Waals surface area contributed by atoms with Gasteiger partial charge < -0.3 is 25.3 Å². The van der Waals surface area contributed by atoms with Crippen molar-refractivity contribution in [2.45, 2.75) is 31.9 Å². The number of nitrogens with zero attached hydrogens (tertiary/aromatic N) is 2. The van der Waals surface area contributed by atoms with Crippen LogP contribution in [0.5, 0.6) is 17.2 Å². The summed E-state index contributed by atoms with van der Waals surface area (Å²) >= 11 is 0. The number of carbonyl (C=O) groups excluding carboxylic acids is 1. The number of piperidine rings is 1. The molecule has 0 spiro atoms. The number of guanidine groups is 1. The Morgan fingerprint density at radius 2 is 1.74 bits per heavy atom. The molecule has 0 bridgehead atoms. The summed E-state index contributed by atoms with van der Waals surface area (Å²) in [6.07, 6.45) is 4.66. The lowest BCUT2D eigenvalue weighted by atomic mass is 9.87. The number of fused-ring (bicyclic) bond motifs is 1. The third kappa shape index (κ3) is 5.61. The molecule has 1 atom stereocenters. The summed E-state index contributed by atoms with van der Waals surface area (Å²) in [5.74, 6) is 2.34. The Morgan fingerprint density at radius 3 is 2.54 bits per heavy atom. The predicted molar refractivity (Wildman–Crippen MR) is 149 cm³/mol. The van der Waals surface area contributed by atoms with Crippen molar-refractivity contribution < 1.29 is 19.0 Å². The molecule has 8 heteroatoms. The fourth-order valence-corrected chi connectivity index (χ4v) is 5.36. The van der Waals surface area contributed by atoms with Crippen molar-refractivity contribution in [3.63, 3.8) is 0 Å². The van der Waals surface area contributed by atoms with Crippen LogP contribution in [-0.4, -0.2) is 42.7 Å². The zero-order valence-electron chi connectivity index (χ0n) is 21.7. The molecule has 0 aromatic heterocycles. The molecule has 3 aromatic carbocycles. The minimum absolute atomic E-state index is 0.157. The molecule has 0 aliphatic carbocycles. The molecule has 1 unspecified atom stereocenters. The Hall–Kier alpha value is -4.30. The number of amides is 1. The molecule has 3 aromatic rings. The first kappa shape index (κ1) is 25.0. The summed E-state index contributed by atoms with van der Waals surface area (Å²) in [5.41, 5.74) is 10.1. The van der Waals surface area contributed by atoms with Crippen molar-refractivity contribution in [2.24, 2.45) is 16.6 Å². The molecule has 3 aliphatic rings. The number of carbonyl (C=O) groups is 1. The second-order valence-electron chi connectivity index (χ2n) is 10.0. The number of rotatable bonds is 7. The van der Waals surface area contributed by atoms with Crippen LogP contribution in [0.3, 0.4) is 0 Å². The van der Waals surface area contributed by atoms with Crippen LogP contribution in [-0.2, 0) is 13.0 Å². The highest BCUT2D eigenvalue weighted by atomic mass is 16.7. The highest BCUT2D eigenvalue weighted by Crippen LogP contribution is 2.34. The van der Waals surface area contributed by atoms with Gasteiger partial charge in [-0.1, -0.05) is 42.5 Å². The van der Waals surface area contributed by atoms with E-state index in [4.69, 9.17) is 19.9 Å². The van der Waals surface area contributed by atoms with E-state index in [-0.39, 0.29) is 30.6 Å². The van der Waals surface area contributed by atoms with Crippen LogP contribution in [0.2, 0.25) is 0 Å². The molecular weight excluding hydrogens is 492 g/mol. The SMILES string of the molecule is NC1=NC(Cc2ccc(OCc3ccccc3)cc2)=CC(C2CCNCC2)N1C(=O)c1ccc2c(c1)OCO2. The third-order valence-corrected chi connectivity index (χ3v) is 7.43. The second-order valence-corrected chi connectivity index (χ2v) is 10.0. The molecule has 8 nitrogen and oxygen atoms in total. The molecule has 200 valence electrons. The maximum Gasteiger partial charge on any atom is 0.261 e. The van der Waals surface area contributed by atoms with E-state index in [0.29, 0.717) is 30.1 Å². The van der Waals surface area contributed by atoms with Crippen LogP contribution in [0.25, 0.3) is 0 Å². The van der Waals surface area contributed by atoms with Gasteiger partial charge in [-0.2, -0.15) is 0 Å². The fourth-order valence-electron chi connectivity index (χ4n) is 5.36. The summed E-state index contributed by atoms with van der Waals surface area (Å²) in [6.45, 7) is 2.51. The molecule has 1 amide bonds. The van der Waals surface area contributed by atoms with E-state index in [9.17, 15) is 4.79 Å². The predicted octanol–water partition coefficient (Wildman–Crippen LogP) is 4.26. The largest absolute Gasteiger partial charge is 0.489 e. The second kappa shape index (κ2) is 11.2. The number of allylic oxidation sites excluding steroid dienone is 1. The van der Waals surface area contributed by atoms with Gasteiger partial charge in [-0.3, -0.25) is 9.69 Å². The maximum atomic E-state index is 13.7. The molecule has 3 heterocycles. The van der Waals surface area contributed by atoms with Crippen molar-refractivity contribution in [3.8, 4) is 17.2 Å². The van der Waals surface area contributed by atoms with Crippen molar-refractivity contribution in [2.75, 3.05) is 19.9 Å². The number of hydrogen-bond donors (Lipinski definition) is 2. The molecule has 3 aliphatic heterocycles. The van der Waals surface area contributed by atoms with Crippen molar-refractivity contribution in [3.05, 3.63) is 101 Å². The smallest absolute Gasteiger partial charge is 0.261 e. The van der Waals surface area contributed by atoms with E-state index in [1.54, 1.807) is 23.1 Å². The summed E-state index contributed by atoms with van der Waals surface area (Å²) in [7, 11) is 0. The quantitative estimate of drug-likeness (QED) is 0.479. The fraction of sp³-hybridized carbons (Fsp3) is 0.290. The van der Waals surface area contributed by atoms with Gasteiger partial charge in [0.05, 0.1) is 6.04 Å². The zero-order valence-corrected chi connectivity index (χ0v) is 21.7. The highest BCUT2D eigenvalue weighted by molar-refractivity contribution is 6.06. The van der Waals surface area contributed by atoms with Gasteiger partial charge in [0.15, 0.2) is 11.5 Å². The standard InChI is InChI=1S/C31H32N4O4/c32-31-34-25(16-21-6-9-26(10-7-21)37-19-22-4-2-1-3-5-22)18-27(23-12-14-33-15-13-23)35(31)30(36)24-8-11-28-29(17-24)39-20-38-28/h1-11,17-18,23,27,33H,12-16,19-20H2,(H2,32,34). The lowest BCUT2D eigenvalue weighted by Gasteiger charge is -2.39. The van der Waals surface area contributed by atoms with Crippen LogP contribution in [0.4, 0.5) is 0 Å². The summed E-state index contributed by atoms with van der Waals surface area (Å²) in [6, 6.07) is 23.2. The number of nitrogens with one attached hydrogen (secondary N) is 1. The Kier molecular flexibility index (Phi) is 7.19. The van der Waals surface area contributed by atoms with Crippen LogP contribution in [0.1, 0.15) is 34.3 Å². The lowest BCUT2D eigenvalue weighted by molar-refractivity contribution is 0.0772. The molecule has 1 fully saturated rings. The first-order valence-corrected chi connectivity index (χ1v) is 13.4. The minimum atomic E-state index is -0.187. The Labute approximate surface area is 228 Å².